The molecule has 0 radical (unpaired) electrons. The maximum Gasteiger partial charge on any atom is 0.360 e. The predicted octanol–water partition coefficient (Wildman–Crippen LogP) is 0.340. The van der Waals surface area contributed by atoms with Gasteiger partial charge >= 0.3 is 5.97 Å². The number of methoxy groups -OCH3 is 1. The van der Waals surface area contributed by atoms with Gasteiger partial charge in [-0.25, -0.2) is 9.78 Å². The van der Waals surface area contributed by atoms with E-state index in [1.807, 2.05) is 0 Å². The first-order chi connectivity index (χ1) is 8.15. The van der Waals surface area contributed by atoms with Crippen molar-refractivity contribution in [2.24, 2.45) is 0 Å². The quantitative estimate of drug-likeness (QED) is 0.751. The SMILES string of the molecule is COC(=O)c1nc(C)n(-c2cccnn2)c1N. The maximum absolute atomic E-state index is 11.4. The predicted molar refractivity (Wildman–Crippen MR) is 59.6 cm³/mol. The van der Waals surface area contributed by atoms with Crippen molar-refractivity contribution in [2.45, 2.75) is 6.92 Å². The summed E-state index contributed by atoms with van der Waals surface area (Å²) in [7, 11) is 1.28. The lowest BCUT2D eigenvalue weighted by atomic mass is 10.4. The van der Waals surface area contributed by atoms with Crippen molar-refractivity contribution >= 4 is 11.8 Å². The Bertz CT molecular complexity index is 549. The van der Waals surface area contributed by atoms with E-state index in [0.717, 1.165) is 0 Å². The van der Waals surface area contributed by atoms with Gasteiger partial charge < -0.3 is 10.5 Å². The summed E-state index contributed by atoms with van der Waals surface area (Å²) in [5.41, 5.74) is 5.92. The third kappa shape index (κ3) is 1.82. The van der Waals surface area contributed by atoms with Gasteiger partial charge in [-0.3, -0.25) is 4.57 Å². The van der Waals surface area contributed by atoms with Gasteiger partial charge in [0.05, 0.1) is 7.11 Å². The second-order valence-corrected chi connectivity index (χ2v) is 3.30. The summed E-state index contributed by atoms with van der Waals surface area (Å²) >= 11 is 0. The molecule has 7 heteroatoms. The van der Waals surface area contributed by atoms with Crippen molar-refractivity contribution in [3.05, 3.63) is 29.8 Å². The van der Waals surface area contributed by atoms with Crippen LogP contribution >= 0.6 is 0 Å². The zero-order valence-corrected chi connectivity index (χ0v) is 9.41. The van der Waals surface area contributed by atoms with Gasteiger partial charge in [-0.1, -0.05) is 0 Å². The standard InChI is InChI=1S/C10H11N5O2/c1-6-13-8(10(16)17-2)9(11)15(6)7-4-3-5-12-14-7/h3-5H,11H2,1-2H3. The topological polar surface area (TPSA) is 95.9 Å². The van der Waals surface area contributed by atoms with Crippen LogP contribution in [0.4, 0.5) is 5.82 Å². The van der Waals surface area contributed by atoms with Gasteiger partial charge in [0.25, 0.3) is 0 Å². The highest BCUT2D eigenvalue weighted by molar-refractivity contribution is 5.92. The molecule has 0 saturated heterocycles. The highest BCUT2D eigenvalue weighted by Gasteiger charge is 2.20. The first kappa shape index (κ1) is 11.1. The average molecular weight is 233 g/mol. The Morgan fingerprint density at radius 3 is 2.88 bits per heavy atom. The maximum atomic E-state index is 11.4. The molecule has 0 aliphatic rings. The van der Waals surface area contributed by atoms with Gasteiger partial charge in [0.1, 0.15) is 11.6 Å². The number of hydrogen-bond acceptors (Lipinski definition) is 6. The van der Waals surface area contributed by atoms with Crippen LogP contribution in [-0.4, -0.2) is 32.8 Å². The number of carbonyl (C=O) groups excluding carboxylic acids is 1. The summed E-state index contributed by atoms with van der Waals surface area (Å²) in [6.07, 6.45) is 1.55. The molecule has 7 nitrogen and oxygen atoms in total. The van der Waals surface area contributed by atoms with E-state index in [4.69, 9.17) is 5.73 Å². The Kier molecular flexibility index (Phi) is 2.73. The number of imidazole rings is 1. The van der Waals surface area contributed by atoms with E-state index in [9.17, 15) is 4.79 Å². The number of ether oxygens (including phenoxy) is 1. The van der Waals surface area contributed by atoms with Crippen molar-refractivity contribution in [1.82, 2.24) is 19.7 Å². The molecular formula is C10H11N5O2. The number of rotatable bonds is 2. The number of nitrogens with two attached hydrogens (primary N) is 1. The summed E-state index contributed by atoms with van der Waals surface area (Å²) in [6, 6.07) is 3.44. The normalized spacial score (nSPS) is 10.2. The minimum Gasteiger partial charge on any atom is -0.464 e. The second-order valence-electron chi connectivity index (χ2n) is 3.30. The molecule has 0 aliphatic carbocycles. The van der Waals surface area contributed by atoms with Gasteiger partial charge in [-0.2, -0.15) is 5.10 Å². The summed E-state index contributed by atoms with van der Waals surface area (Å²) in [5.74, 6) is 0.664. The van der Waals surface area contributed by atoms with Crippen molar-refractivity contribution in [2.75, 3.05) is 12.8 Å². The number of nitrogens with zero attached hydrogens (tertiary/aromatic N) is 4. The second kappa shape index (κ2) is 4.20. The summed E-state index contributed by atoms with van der Waals surface area (Å²) in [5, 5.41) is 7.66. The Morgan fingerprint density at radius 1 is 1.53 bits per heavy atom. The molecule has 2 aromatic heterocycles. The third-order valence-electron chi connectivity index (χ3n) is 2.25. The molecular weight excluding hydrogens is 222 g/mol. The average Bonchev–Trinajstić information content (AvgIpc) is 2.65. The molecule has 0 fully saturated rings. The Hall–Kier alpha value is -2.44. The van der Waals surface area contributed by atoms with Crippen molar-refractivity contribution < 1.29 is 9.53 Å². The van der Waals surface area contributed by atoms with E-state index in [1.165, 1.54) is 7.11 Å². The highest BCUT2D eigenvalue weighted by atomic mass is 16.5. The zero-order valence-electron chi connectivity index (χ0n) is 9.41. The molecule has 0 unspecified atom stereocenters. The van der Waals surface area contributed by atoms with Crippen molar-refractivity contribution in [1.29, 1.82) is 0 Å². The van der Waals surface area contributed by atoms with E-state index < -0.39 is 5.97 Å². The van der Waals surface area contributed by atoms with Crippen LogP contribution in [0.3, 0.4) is 0 Å². The van der Waals surface area contributed by atoms with Gasteiger partial charge in [0.2, 0.25) is 0 Å². The number of esters is 1. The molecule has 2 heterocycles. The van der Waals surface area contributed by atoms with E-state index in [-0.39, 0.29) is 11.5 Å². The smallest absolute Gasteiger partial charge is 0.360 e. The number of aromatic nitrogens is 4. The van der Waals surface area contributed by atoms with E-state index >= 15 is 0 Å². The summed E-state index contributed by atoms with van der Waals surface area (Å²) in [4.78, 5) is 15.5. The minimum absolute atomic E-state index is 0.0793. The first-order valence-electron chi connectivity index (χ1n) is 4.86. The van der Waals surface area contributed by atoms with Gasteiger partial charge in [-0.15, -0.1) is 5.10 Å². The fraction of sp³-hybridized carbons (Fsp3) is 0.200. The van der Waals surface area contributed by atoms with Crippen LogP contribution in [0.25, 0.3) is 5.82 Å². The lowest BCUT2D eigenvalue weighted by molar-refractivity contribution is 0.0596. The minimum atomic E-state index is -0.576. The van der Waals surface area contributed by atoms with Crippen LogP contribution < -0.4 is 5.73 Å². The molecule has 2 N–H and O–H groups in total. The van der Waals surface area contributed by atoms with E-state index in [2.05, 4.69) is 19.9 Å². The highest BCUT2D eigenvalue weighted by Crippen LogP contribution is 2.18. The van der Waals surface area contributed by atoms with Crippen LogP contribution in [0, 0.1) is 6.92 Å². The van der Waals surface area contributed by atoms with Crippen LogP contribution in [0.2, 0.25) is 0 Å². The van der Waals surface area contributed by atoms with E-state index in [1.54, 1.807) is 29.8 Å². The fourth-order valence-electron chi connectivity index (χ4n) is 1.50. The van der Waals surface area contributed by atoms with Gasteiger partial charge in [-0.05, 0) is 19.1 Å². The van der Waals surface area contributed by atoms with Gasteiger partial charge in [0.15, 0.2) is 11.5 Å². The largest absolute Gasteiger partial charge is 0.464 e. The molecule has 0 atom stereocenters. The van der Waals surface area contributed by atoms with E-state index in [0.29, 0.717) is 11.6 Å². The lowest BCUT2D eigenvalue weighted by Gasteiger charge is -2.04. The molecule has 0 spiro atoms. The molecule has 2 aromatic rings. The van der Waals surface area contributed by atoms with Crippen LogP contribution in [0.5, 0.6) is 0 Å². The number of carbonyl (C=O) groups is 1. The Labute approximate surface area is 97.2 Å². The fourth-order valence-corrected chi connectivity index (χ4v) is 1.50. The molecule has 88 valence electrons. The van der Waals surface area contributed by atoms with Crippen molar-refractivity contribution in [3.63, 3.8) is 0 Å². The first-order valence-corrected chi connectivity index (χ1v) is 4.86. The Morgan fingerprint density at radius 2 is 2.29 bits per heavy atom. The monoisotopic (exact) mass is 233 g/mol. The number of hydrogen-bond donors (Lipinski definition) is 1. The molecule has 17 heavy (non-hydrogen) atoms. The number of aryl methyl sites for hydroxylation is 1. The van der Waals surface area contributed by atoms with Crippen LogP contribution in [0.1, 0.15) is 16.3 Å². The van der Waals surface area contributed by atoms with Crippen LogP contribution in [0.15, 0.2) is 18.3 Å². The van der Waals surface area contributed by atoms with Crippen LogP contribution in [-0.2, 0) is 4.74 Å². The van der Waals surface area contributed by atoms with Crippen molar-refractivity contribution in [3.8, 4) is 5.82 Å². The molecule has 0 aliphatic heterocycles. The molecule has 0 bridgehead atoms. The number of anilines is 1. The third-order valence-corrected chi connectivity index (χ3v) is 2.25. The van der Waals surface area contributed by atoms with Gasteiger partial charge in [0, 0.05) is 6.20 Å². The summed E-state index contributed by atoms with van der Waals surface area (Å²) in [6.45, 7) is 1.72. The summed E-state index contributed by atoms with van der Waals surface area (Å²) < 4.78 is 6.13. The molecule has 0 aromatic carbocycles. The molecule has 2 rings (SSSR count). The Balaban J connectivity index is 2.57. The number of nitrogen functional groups attached to an aromatic ring is 1. The lowest BCUT2D eigenvalue weighted by Crippen LogP contribution is -2.08. The zero-order chi connectivity index (χ0) is 12.4. The molecule has 0 amide bonds. The molecule has 0 saturated carbocycles.